The molecule has 148 valence electrons. The molecule has 0 unspecified atom stereocenters. The molecule has 1 N–H and O–H groups in total. The first kappa shape index (κ1) is 18.7. The number of allylic oxidation sites excluding steroid dienone is 1. The number of urea groups is 1. The number of morpholine rings is 1. The molecule has 28 heavy (non-hydrogen) atoms. The standard InChI is InChI=1S/C22H28N4O2/c1-16-21(17(2)26(24-16)15-18-6-4-3-5-7-18)19-8-9-20(14-19)23-22(27)25-10-12-28-13-11-25/h3-9,19-20H,10-15H2,1-2H3,(H,23,27)/t19-,20+/m0/s1. The number of aryl methyl sites for hydroxylation is 1. The lowest BCUT2D eigenvalue weighted by Gasteiger charge is -2.28. The minimum Gasteiger partial charge on any atom is -0.378 e. The smallest absolute Gasteiger partial charge is 0.318 e. The summed E-state index contributed by atoms with van der Waals surface area (Å²) < 4.78 is 7.41. The van der Waals surface area contributed by atoms with Crippen LogP contribution < -0.4 is 5.32 Å². The first-order chi connectivity index (χ1) is 13.6. The van der Waals surface area contributed by atoms with Gasteiger partial charge in [0.15, 0.2) is 0 Å². The monoisotopic (exact) mass is 380 g/mol. The highest BCUT2D eigenvalue weighted by atomic mass is 16.5. The van der Waals surface area contributed by atoms with E-state index in [2.05, 4.69) is 60.3 Å². The summed E-state index contributed by atoms with van der Waals surface area (Å²) in [5.41, 5.74) is 4.81. The zero-order chi connectivity index (χ0) is 19.5. The van der Waals surface area contributed by atoms with Gasteiger partial charge in [-0.1, -0.05) is 42.5 Å². The van der Waals surface area contributed by atoms with Gasteiger partial charge in [0, 0.05) is 36.3 Å². The summed E-state index contributed by atoms with van der Waals surface area (Å²) in [4.78, 5) is 14.3. The van der Waals surface area contributed by atoms with E-state index in [1.54, 1.807) is 0 Å². The van der Waals surface area contributed by atoms with Gasteiger partial charge in [0.1, 0.15) is 0 Å². The minimum atomic E-state index is 0.00631. The molecule has 0 radical (unpaired) electrons. The average molecular weight is 380 g/mol. The molecule has 2 heterocycles. The first-order valence-electron chi connectivity index (χ1n) is 10.0. The van der Waals surface area contributed by atoms with Crippen LogP contribution >= 0.6 is 0 Å². The van der Waals surface area contributed by atoms with Crippen LogP contribution in [0.1, 0.15) is 34.9 Å². The van der Waals surface area contributed by atoms with Crippen LogP contribution in [0.15, 0.2) is 42.5 Å². The first-order valence-corrected chi connectivity index (χ1v) is 10.0. The number of ether oxygens (including phenoxy) is 1. The van der Waals surface area contributed by atoms with E-state index in [1.165, 1.54) is 16.8 Å². The SMILES string of the molecule is Cc1nn(Cc2ccccc2)c(C)c1[C@H]1C=C[C@@H](NC(=O)N2CCOCC2)C1. The fourth-order valence-electron chi connectivity index (χ4n) is 4.19. The Morgan fingerprint density at radius 1 is 1.18 bits per heavy atom. The molecule has 1 fully saturated rings. The van der Waals surface area contributed by atoms with Crippen LogP contribution in [0.4, 0.5) is 4.79 Å². The second-order valence-electron chi connectivity index (χ2n) is 7.61. The quantitative estimate of drug-likeness (QED) is 0.830. The molecule has 0 saturated carbocycles. The lowest BCUT2D eigenvalue weighted by atomic mass is 9.96. The third-order valence-electron chi connectivity index (χ3n) is 5.67. The van der Waals surface area contributed by atoms with Crippen molar-refractivity contribution < 1.29 is 9.53 Å². The maximum absolute atomic E-state index is 12.4. The van der Waals surface area contributed by atoms with Crippen molar-refractivity contribution >= 4 is 6.03 Å². The van der Waals surface area contributed by atoms with Crippen molar-refractivity contribution in [2.45, 2.75) is 38.8 Å². The van der Waals surface area contributed by atoms with Gasteiger partial charge in [0.2, 0.25) is 0 Å². The summed E-state index contributed by atoms with van der Waals surface area (Å²) in [6.45, 7) is 7.57. The molecular weight excluding hydrogens is 352 g/mol. The van der Waals surface area contributed by atoms with Gasteiger partial charge >= 0.3 is 6.03 Å². The molecule has 1 saturated heterocycles. The Labute approximate surface area is 166 Å². The summed E-state index contributed by atoms with van der Waals surface area (Å²) in [5, 5.41) is 7.93. The van der Waals surface area contributed by atoms with E-state index in [1.807, 2.05) is 11.0 Å². The van der Waals surface area contributed by atoms with Crippen molar-refractivity contribution in [3.8, 4) is 0 Å². The highest BCUT2D eigenvalue weighted by Crippen LogP contribution is 2.33. The molecule has 0 bridgehead atoms. The van der Waals surface area contributed by atoms with Crippen LogP contribution in [-0.4, -0.2) is 53.1 Å². The summed E-state index contributed by atoms with van der Waals surface area (Å²) in [7, 11) is 0. The van der Waals surface area contributed by atoms with Crippen molar-refractivity contribution in [3.63, 3.8) is 0 Å². The Hall–Kier alpha value is -2.60. The Morgan fingerprint density at radius 3 is 2.68 bits per heavy atom. The second kappa shape index (κ2) is 8.19. The van der Waals surface area contributed by atoms with Crippen LogP contribution in [0, 0.1) is 13.8 Å². The minimum absolute atomic E-state index is 0.00631. The highest BCUT2D eigenvalue weighted by Gasteiger charge is 2.28. The van der Waals surface area contributed by atoms with E-state index in [0.29, 0.717) is 32.2 Å². The van der Waals surface area contributed by atoms with Crippen molar-refractivity contribution in [2.75, 3.05) is 26.3 Å². The van der Waals surface area contributed by atoms with Gasteiger partial charge in [-0.3, -0.25) is 4.68 Å². The second-order valence-corrected chi connectivity index (χ2v) is 7.61. The van der Waals surface area contributed by atoms with E-state index in [-0.39, 0.29) is 12.1 Å². The Kier molecular flexibility index (Phi) is 5.48. The number of aromatic nitrogens is 2. The normalized spacial score (nSPS) is 21.9. The largest absolute Gasteiger partial charge is 0.378 e. The predicted molar refractivity (Wildman–Crippen MR) is 108 cm³/mol. The number of benzene rings is 1. The summed E-state index contributed by atoms with van der Waals surface area (Å²) in [5.74, 6) is 0.291. The molecule has 0 spiro atoms. The number of nitrogens with zero attached hydrogens (tertiary/aromatic N) is 3. The van der Waals surface area contributed by atoms with E-state index >= 15 is 0 Å². The zero-order valence-corrected chi connectivity index (χ0v) is 16.6. The number of carbonyl (C=O) groups excluding carboxylic acids is 1. The van der Waals surface area contributed by atoms with Crippen molar-refractivity contribution in [2.24, 2.45) is 0 Å². The fourth-order valence-corrected chi connectivity index (χ4v) is 4.19. The number of hydrogen-bond acceptors (Lipinski definition) is 3. The molecule has 1 aliphatic carbocycles. The molecule has 1 aromatic heterocycles. The summed E-state index contributed by atoms with van der Waals surface area (Å²) in [6, 6.07) is 10.5. The lowest BCUT2D eigenvalue weighted by Crippen LogP contribution is -2.48. The number of rotatable bonds is 4. The third-order valence-corrected chi connectivity index (χ3v) is 5.67. The summed E-state index contributed by atoms with van der Waals surface area (Å²) in [6.07, 6.45) is 5.22. The zero-order valence-electron chi connectivity index (χ0n) is 16.6. The van der Waals surface area contributed by atoms with E-state index < -0.39 is 0 Å². The molecule has 1 aliphatic heterocycles. The maximum atomic E-state index is 12.4. The lowest BCUT2D eigenvalue weighted by molar-refractivity contribution is 0.0528. The van der Waals surface area contributed by atoms with Gasteiger partial charge in [-0.25, -0.2) is 4.79 Å². The fraction of sp³-hybridized carbons (Fsp3) is 0.455. The number of amides is 2. The van der Waals surface area contributed by atoms with Crippen molar-refractivity contribution in [1.82, 2.24) is 20.0 Å². The number of carbonyl (C=O) groups is 1. The predicted octanol–water partition coefficient (Wildman–Crippen LogP) is 3.00. The van der Waals surface area contributed by atoms with E-state index in [9.17, 15) is 4.79 Å². The molecule has 2 atom stereocenters. The number of hydrogen-bond donors (Lipinski definition) is 1. The van der Waals surface area contributed by atoms with E-state index in [0.717, 1.165) is 18.7 Å². The van der Waals surface area contributed by atoms with Crippen LogP contribution in [0.3, 0.4) is 0 Å². The van der Waals surface area contributed by atoms with Gasteiger partial charge in [-0.15, -0.1) is 0 Å². The molecule has 2 aromatic rings. The van der Waals surface area contributed by atoms with Crippen molar-refractivity contribution in [1.29, 1.82) is 0 Å². The Balaban J connectivity index is 1.41. The van der Waals surface area contributed by atoms with Crippen LogP contribution in [-0.2, 0) is 11.3 Å². The summed E-state index contributed by atoms with van der Waals surface area (Å²) >= 11 is 0. The van der Waals surface area contributed by atoms with Crippen LogP contribution in [0.2, 0.25) is 0 Å². The number of nitrogens with one attached hydrogen (secondary N) is 1. The van der Waals surface area contributed by atoms with Crippen LogP contribution in [0.25, 0.3) is 0 Å². The van der Waals surface area contributed by atoms with Gasteiger partial charge in [0.25, 0.3) is 0 Å². The molecule has 6 heteroatoms. The van der Waals surface area contributed by atoms with Gasteiger partial charge in [-0.05, 0) is 25.8 Å². The molecule has 2 aliphatic rings. The van der Waals surface area contributed by atoms with E-state index in [4.69, 9.17) is 9.84 Å². The van der Waals surface area contributed by atoms with Gasteiger partial charge in [-0.2, -0.15) is 5.10 Å². The molecule has 6 nitrogen and oxygen atoms in total. The van der Waals surface area contributed by atoms with Crippen molar-refractivity contribution in [3.05, 3.63) is 65.0 Å². The van der Waals surface area contributed by atoms with Gasteiger partial charge in [0.05, 0.1) is 25.5 Å². The maximum Gasteiger partial charge on any atom is 0.318 e. The molecule has 2 amide bonds. The van der Waals surface area contributed by atoms with Gasteiger partial charge < -0.3 is 15.0 Å². The molecular formula is C22H28N4O2. The molecule has 1 aromatic carbocycles. The third kappa shape index (κ3) is 3.97. The average Bonchev–Trinajstić information content (AvgIpc) is 3.27. The topological polar surface area (TPSA) is 59.4 Å². The Morgan fingerprint density at radius 2 is 1.93 bits per heavy atom. The Bertz CT molecular complexity index is 853. The highest BCUT2D eigenvalue weighted by molar-refractivity contribution is 5.75. The molecule has 4 rings (SSSR count). The van der Waals surface area contributed by atoms with Crippen LogP contribution in [0.5, 0.6) is 0 Å².